The van der Waals surface area contributed by atoms with Crippen LogP contribution in [0.25, 0.3) is 0 Å². The lowest BCUT2D eigenvalue weighted by Gasteiger charge is -2.14. The van der Waals surface area contributed by atoms with Gasteiger partial charge in [0.15, 0.2) is 17.5 Å². The van der Waals surface area contributed by atoms with E-state index in [-0.39, 0.29) is 11.7 Å². The molecule has 0 fully saturated rings. The van der Waals surface area contributed by atoms with Crippen molar-refractivity contribution in [3.63, 3.8) is 0 Å². The molecule has 3 rings (SSSR count). The second-order valence-corrected chi connectivity index (χ2v) is 6.56. The molecule has 1 N–H and O–H groups in total. The minimum absolute atomic E-state index is 0.00669. The van der Waals surface area contributed by atoms with Gasteiger partial charge in [0.2, 0.25) is 0 Å². The van der Waals surface area contributed by atoms with Crippen LogP contribution in [-0.4, -0.2) is 0 Å². The van der Waals surface area contributed by atoms with Gasteiger partial charge in [0, 0.05) is 9.75 Å². The number of hydrogen-bond donors (Lipinski definition) is 1. The summed E-state index contributed by atoms with van der Waals surface area (Å²) in [5, 5.41) is 2.93. The number of aryl methyl sites for hydroxylation is 2. The van der Waals surface area contributed by atoms with Gasteiger partial charge in [-0.25, -0.2) is 13.2 Å². The highest BCUT2D eigenvalue weighted by Crippen LogP contribution is 2.34. The lowest BCUT2D eigenvalue weighted by molar-refractivity contribution is 0.448. The van der Waals surface area contributed by atoms with Gasteiger partial charge in [-0.3, -0.25) is 0 Å². The monoisotopic (exact) mass is 311 g/mol. The van der Waals surface area contributed by atoms with Crippen molar-refractivity contribution in [2.45, 2.75) is 38.6 Å². The molecule has 112 valence electrons. The van der Waals surface area contributed by atoms with Crippen molar-refractivity contribution in [3.05, 3.63) is 51.0 Å². The summed E-state index contributed by atoms with van der Waals surface area (Å²) in [6.07, 6.45) is 4.62. The van der Waals surface area contributed by atoms with E-state index in [1.807, 2.05) is 6.92 Å². The molecule has 0 amide bonds. The average Bonchev–Trinajstić information content (AvgIpc) is 2.92. The van der Waals surface area contributed by atoms with E-state index < -0.39 is 17.5 Å². The molecule has 1 aromatic heterocycles. The van der Waals surface area contributed by atoms with Crippen molar-refractivity contribution >= 4 is 17.0 Å². The zero-order valence-corrected chi connectivity index (χ0v) is 12.5. The van der Waals surface area contributed by atoms with Crippen molar-refractivity contribution in [1.82, 2.24) is 0 Å². The molecule has 21 heavy (non-hydrogen) atoms. The Morgan fingerprint density at radius 1 is 1.10 bits per heavy atom. The molecule has 0 bridgehead atoms. The van der Waals surface area contributed by atoms with E-state index in [0.717, 1.165) is 23.8 Å². The minimum Gasteiger partial charge on any atom is -0.375 e. The minimum atomic E-state index is -1.43. The van der Waals surface area contributed by atoms with Gasteiger partial charge in [-0.1, -0.05) is 0 Å². The molecule has 0 saturated carbocycles. The normalized spacial score (nSPS) is 15.6. The Kier molecular flexibility index (Phi) is 3.93. The van der Waals surface area contributed by atoms with Crippen LogP contribution in [0.15, 0.2) is 18.2 Å². The Morgan fingerprint density at radius 3 is 2.62 bits per heavy atom. The number of anilines is 1. The number of thiophene rings is 1. The van der Waals surface area contributed by atoms with Crippen molar-refractivity contribution in [2.24, 2.45) is 0 Å². The first-order chi connectivity index (χ1) is 10.1. The second kappa shape index (κ2) is 5.72. The smallest absolute Gasteiger partial charge is 0.196 e. The first-order valence-corrected chi connectivity index (χ1v) is 7.89. The van der Waals surface area contributed by atoms with Crippen LogP contribution in [0, 0.1) is 17.5 Å². The maximum absolute atomic E-state index is 13.7. The van der Waals surface area contributed by atoms with E-state index in [0.29, 0.717) is 0 Å². The molecule has 0 spiro atoms. The molecule has 0 saturated heterocycles. The number of benzene rings is 1. The van der Waals surface area contributed by atoms with Crippen LogP contribution in [0.4, 0.5) is 18.9 Å². The molecule has 0 aliphatic heterocycles. The Hall–Kier alpha value is -1.49. The fourth-order valence-corrected chi connectivity index (χ4v) is 3.93. The summed E-state index contributed by atoms with van der Waals surface area (Å²) in [6.45, 7) is 1.90. The predicted octanol–water partition coefficient (Wildman–Crippen LogP) is 5.22. The number of nitrogens with one attached hydrogen (secondary N) is 1. The van der Waals surface area contributed by atoms with Gasteiger partial charge in [-0.05, 0) is 56.4 Å². The molecule has 0 radical (unpaired) electrons. The second-order valence-electron chi connectivity index (χ2n) is 5.39. The highest BCUT2D eigenvalue weighted by Gasteiger charge is 2.19. The van der Waals surface area contributed by atoms with E-state index in [2.05, 4.69) is 11.4 Å². The van der Waals surface area contributed by atoms with Crippen molar-refractivity contribution in [3.8, 4) is 0 Å². The summed E-state index contributed by atoms with van der Waals surface area (Å²) < 4.78 is 39.9. The molecular weight excluding hydrogens is 295 g/mol. The Bertz CT molecular complexity index is 642. The van der Waals surface area contributed by atoms with Gasteiger partial charge in [0.25, 0.3) is 0 Å². The predicted molar refractivity (Wildman–Crippen MR) is 79.3 cm³/mol. The van der Waals surface area contributed by atoms with Gasteiger partial charge in [-0.15, -0.1) is 11.3 Å². The summed E-state index contributed by atoms with van der Waals surface area (Å²) in [4.78, 5) is 2.50. The summed E-state index contributed by atoms with van der Waals surface area (Å²) in [6, 6.07) is 4.18. The molecule has 2 aromatic rings. The lowest BCUT2D eigenvalue weighted by Crippen LogP contribution is -2.08. The van der Waals surface area contributed by atoms with E-state index in [1.165, 1.54) is 29.3 Å². The maximum atomic E-state index is 13.7. The number of halogens is 3. The van der Waals surface area contributed by atoms with Crippen LogP contribution < -0.4 is 5.32 Å². The van der Waals surface area contributed by atoms with Gasteiger partial charge in [-0.2, -0.15) is 0 Å². The zero-order chi connectivity index (χ0) is 15.0. The quantitative estimate of drug-likeness (QED) is 0.767. The third-order valence-electron chi connectivity index (χ3n) is 3.85. The van der Waals surface area contributed by atoms with Crippen LogP contribution in [0.2, 0.25) is 0 Å². The van der Waals surface area contributed by atoms with Gasteiger partial charge in [0.1, 0.15) is 0 Å². The van der Waals surface area contributed by atoms with E-state index in [4.69, 9.17) is 0 Å². The average molecular weight is 311 g/mol. The number of rotatable bonds is 3. The molecule has 1 nitrogen and oxygen atoms in total. The lowest BCUT2D eigenvalue weighted by atomic mass is 9.99. The van der Waals surface area contributed by atoms with Gasteiger partial charge < -0.3 is 5.32 Å². The van der Waals surface area contributed by atoms with E-state index in [9.17, 15) is 13.2 Å². The Labute approximate surface area is 125 Å². The number of hydrogen-bond acceptors (Lipinski definition) is 2. The molecule has 1 atom stereocenters. The Balaban J connectivity index is 1.81. The van der Waals surface area contributed by atoms with E-state index >= 15 is 0 Å². The fourth-order valence-electron chi connectivity index (χ4n) is 2.67. The zero-order valence-electron chi connectivity index (χ0n) is 11.7. The molecule has 1 aliphatic rings. The van der Waals surface area contributed by atoms with Crippen LogP contribution in [0.1, 0.15) is 41.1 Å². The van der Waals surface area contributed by atoms with Crippen molar-refractivity contribution in [1.29, 1.82) is 0 Å². The van der Waals surface area contributed by atoms with Crippen molar-refractivity contribution in [2.75, 3.05) is 5.32 Å². The van der Waals surface area contributed by atoms with Crippen LogP contribution >= 0.6 is 11.3 Å². The van der Waals surface area contributed by atoms with Crippen LogP contribution in [-0.2, 0) is 12.8 Å². The standard InChI is InChI=1S/C16H16F3NS/c1-9(14-8-10-4-2-3-5-13(10)21-14)20-12-7-6-11(17)15(18)16(12)19/h6-9,20H,2-5H2,1H3. The van der Waals surface area contributed by atoms with Crippen LogP contribution in [0.5, 0.6) is 0 Å². The first kappa shape index (κ1) is 14.4. The molecule has 1 aliphatic carbocycles. The van der Waals surface area contributed by atoms with Gasteiger partial charge in [0.05, 0.1) is 11.7 Å². The van der Waals surface area contributed by atoms with Crippen LogP contribution in [0.3, 0.4) is 0 Å². The summed E-state index contributed by atoms with van der Waals surface area (Å²) in [7, 11) is 0. The molecule has 5 heteroatoms. The summed E-state index contributed by atoms with van der Waals surface area (Å²) >= 11 is 1.72. The third kappa shape index (κ3) is 2.79. The third-order valence-corrected chi connectivity index (χ3v) is 5.27. The summed E-state index contributed by atoms with van der Waals surface area (Å²) in [5.41, 5.74) is 1.37. The van der Waals surface area contributed by atoms with E-state index in [1.54, 1.807) is 11.3 Å². The molecule has 1 unspecified atom stereocenters. The highest BCUT2D eigenvalue weighted by atomic mass is 32.1. The topological polar surface area (TPSA) is 12.0 Å². The largest absolute Gasteiger partial charge is 0.375 e. The first-order valence-electron chi connectivity index (χ1n) is 7.08. The highest BCUT2D eigenvalue weighted by molar-refractivity contribution is 7.12. The number of fused-ring (bicyclic) bond motifs is 1. The Morgan fingerprint density at radius 2 is 1.86 bits per heavy atom. The fraction of sp³-hybridized carbons (Fsp3) is 0.375. The van der Waals surface area contributed by atoms with Crippen molar-refractivity contribution < 1.29 is 13.2 Å². The maximum Gasteiger partial charge on any atom is 0.196 e. The molecule has 1 aromatic carbocycles. The van der Waals surface area contributed by atoms with Gasteiger partial charge >= 0.3 is 0 Å². The molecular formula is C16H16F3NS. The molecule has 1 heterocycles. The summed E-state index contributed by atoms with van der Waals surface area (Å²) in [5.74, 6) is -3.77. The SMILES string of the molecule is CC(Nc1ccc(F)c(F)c1F)c1cc2c(s1)CCCC2.